The highest BCUT2D eigenvalue weighted by Gasteiger charge is 2.28. The average molecular weight is 345 g/mol. The van der Waals surface area contributed by atoms with Crippen molar-refractivity contribution in [3.63, 3.8) is 0 Å². The molecule has 0 spiro atoms. The van der Waals surface area contributed by atoms with E-state index in [0.717, 1.165) is 15.2 Å². The number of nitrogens with zero attached hydrogens (tertiary/aromatic N) is 2. The molecule has 1 aliphatic heterocycles. The number of aromatic nitrogens is 1. The molecule has 1 atom stereocenters. The molecule has 0 aliphatic carbocycles. The molecule has 126 valence electrons. The molecule has 24 heavy (non-hydrogen) atoms. The number of likely N-dealkylation sites (tertiary alicyclic amines) is 1. The summed E-state index contributed by atoms with van der Waals surface area (Å²) in [5, 5.41) is 3.84. The number of thiazole rings is 1. The number of nitrogens with one attached hydrogen (secondary N) is 1. The lowest BCUT2D eigenvalue weighted by atomic mass is 10.2. The van der Waals surface area contributed by atoms with Crippen molar-refractivity contribution < 1.29 is 14.4 Å². The zero-order valence-electron chi connectivity index (χ0n) is 13.4. The fourth-order valence-electron chi connectivity index (χ4n) is 2.63. The van der Waals surface area contributed by atoms with Crippen molar-refractivity contribution in [2.75, 3.05) is 13.1 Å². The van der Waals surface area contributed by atoms with E-state index in [0.29, 0.717) is 6.54 Å². The van der Waals surface area contributed by atoms with E-state index in [-0.39, 0.29) is 49.4 Å². The maximum absolute atomic E-state index is 11.9. The Morgan fingerprint density at radius 1 is 1.29 bits per heavy atom. The van der Waals surface area contributed by atoms with E-state index in [1.165, 1.54) is 4.90 Å². The van der Waals surface area contributed by atoms with Gasteiger partial charge >= 0.3 is 0 Å². The molecule has 2 heterocycles. The predicted molar refractivity (Wildman–Crippen MR) is 91.6 cm³/mol. The molecule has 2 aromatic rings. The fourth-order valence-corrected chi connectivity index (χ4v) is 3.65. The first-order valence-electron chi connectivity index (χ1n) is 8.00. The molecule has 1 fully saturated rings. The van der Waals surface area contributed by atoms with Crippen molar-refractivity contribution >= 4 is 39.3 Å². The van der Waals surface area contributed by atoms with Crippen LogP contribution in [-0.2, 0) is 14.4 Å². The van der Waals surface area contributed by atoms with Crippen LogP contribution in [0, 0.1) is 0 Å². The summed E-state index contributed by atoms with van der Waals surface area (Å²) >= 11 is 1.63. The maximum atomic E-state index is 11.9. The molecule has 7 heteroatoms. The topological polar surface area (TPSA) is 79.4 Å². The highest BCUT2D eigenvalue weighted by molar-refractivity contribution is 7.18. The third-order valence-electron chi connectivity index (χ3n) is 4.05. The second-order valence-corrected chi connectivity index (χ2v) is 6.98. The van der Waals surface area contributed by atoms with E-state index in [9.17, 15) is 14.4 Å². The summed E-state index contributed by atoms with van der Waals surface area (Å²) in [6, 6.07) is 7.95. The summed E-state index contributed by atoms with van der Waals surface area (Å²) in [5.74, 6) is -0.414. The molecule has 3 amide bonds. The quantitative estimate of drug-likeness (QED) is 0.813. The summed E-state index contributed by atoms with van der Waals surface area (Å²) in [7, 11) is 0. The number of fused-ring (bicyclic) bond motifs is 1. The molecule has 1 aromatic carbocycles. The minimum atomic E-state index is -0.185. The van der Waals surface area contributed by atoms with Gasteiger partial charge in [0.25, 0.3) is 0 Å². The number of carbonyl (C=O) groups excluding carboxylic acids is 3. The van der Waals surface area contributed by atoms with Crippen molar-refractivity contribution in [3.8, 4) is 0 Å². The van der Waals surface area contributed by atoms with Crippen LogP contribution in [0.3, 0.4) is 0 Å². The van der Waals surface area contributed by atoms with E-state index >= 15 is 0 Å². The minimum absolute atomic E-state index is 0.112. The number of hydrogen-bond donors (Lipinski definition) is 1. The Balaban J connectivity index is 1.48. The molecule has 0 saturated carbocycles. The van der Waals surface area contributed by atoms with Crippen LogP contribution in [0.15, 0.2) is 24.3 Å². The fraction of sp³-hybridized carbons (Fsp3) is 0.412. The van der Waals surface area contributed by atoms with Crippen molar-refractivity contribution in [2.24, 2.45) is 0 Å². The Morgan fingerprint density at radius 3 is 2.71 bits per heavy atom. The molecule has 0 unspecified atom stereocenters. The van der Waals surface area contributed by atoms with Gasteiger partial charge in [0.2, 0.25) is 17.7 Å². The number of benzene rings is 1. The summed E-state index contributed by atoms with van der Waals surface area (Å²) in [6.45, 7) is 2.67. The average Bonchev–Trinajstić information content (AvgIpc) is 3.14. The number of imide groups is 1. The van der Waals surface area contributed by atoms with E-state index in [2.05, 4.69) is 10.3 Å². The van der Waals surface area contributed by atoms with Gasteiger partial charge < -0.3 is 5.32 Å². The second kappa shape index (κ2) is 7.09. The van der Waals surface area contributed by atoms with Gasteiger partial charge in [0.15, 0.2) is 0 Å². The van der Waals surface area contributed by atoms with Crippen LogP contribution in [0.2, 0.25) is 0 Å². The van der Waals surface area contributed by atoms with Gasteiger partial charge in [0, 0.05) is 38.3 Å². The Morgan fingerprint density at radius 2 is 2.00 bits per heavy atom. The van der Waals surface area contributed by atoms with Gasteiger partial charge in [-0.2, -0.15) is 0 Å². The molecule has 1 N–H and O–H groups in total. The lowest BCUT2D eigenvalue weighted by molar-refractivity contribution is -0.138. The van der Waals surface area contributed by atoms with Gasteiger partial charge in [0.1, 0.15) is 0 Å². The summed E-state index contributed by atoms with van der Waals surface area (Å²) in [6.07, 6.45) is 0.661. The van der Waals surface area contributed by atoms with E-state index in [1.807, 2.05) is 31.2 Å². The minimum Gasteiger partial charge on any atom is -0.355 e. The molecule has 1 saturated heterocycles. The third-order valence-corrected chi connectivity index (χ3v) is 5.32. The Hall–Kier alpha value is -2.28. The molecular weight excluding hydrogens is 326 g/mol. The first kappa shape index (κ1) is 16.6. The number of amides is 3. The van der Waals surface area contributed by atoms with Crippen LogP contribution in [-0.4, -0.2) is 40.7 Å². The van der Waals surface area contributed by atoms with Crippen LogP contribution in [0.5, 0.6) is 0 Å². The van der Waals surface area contributed by atoms with Gasteiger partial charge in [-0.15, -0.1) is 11.3 Å². The Bertz CT molecular complexity index is 737. The standard InChI is InChI=1S/C17H19N3O3S/c1-11(17-19-12-4-2-3-5-13(12)24-17)10-18-14(21)8-9-20-15(22)6-7-16(20)23/h2-5,11H,6-10H2,1H3,(H,18,21)/t11-/m1/s1. The number of para-hydroxylation sites is 1. The van der Waals surface area contributed by atoms with Crippen LogP contribution < -0.4 is 5.32 Å². The molecular formula is C17H19N3O3S. The number of hydrogen-bond acceptors (Lipinski definition) is 5. The van der Waals surface area contributed by atoms with Gasteiger partial charge in [-0.3, -0.25) is 19.3 Å². The smallest absolute Gasteiger partial charge is 0.229 e. The number of rotatable bonds is 6. The molecule has 0 radical (unpaired) electrons. The van der Waals surface area contributed by atoms with Crippen LogP contribution in [0.4, 0.5) is 0 Å². The highest BCUT2D eigenvalue weighted by Crippen LogP contribution is 2.26. The van der Waals surface area contributed by atoms with E-state index in [1.54, 1.807) is 11.3 Å². The zero-order chi connectivity index (χ0) is 17.1. The predicted octanol–water partition coefficient (Wildman–Crippen LogP) is 2.06. The SMILES string of the molecule is C[C@H](CNC(=O)CCN1C(=O)CCC1=O)c1nc2ccccc2s1. The van der Waals surface area contributed by atoms with E-state index < -0.39 is 0 Å². The molecule has 0 bridgehead atoms. The Kier molecular flexibility index (Phi) is 4.89. The maximum Gasteiger partial charge on any atom is 0.229 e. The van der Waals surface area contributed by atoms with Crippen molar-refractivity contribution in [2.45, 2.75) is 32.1 Å². The highest BCUT2D eigenvalue weighted by atomic mass is 32.1. The van der Waals surface area contributed by atoms with Crippen LogP contribution >= 0.6 is 11.3 Å². The van der Waals surface area contributed by atoms with Crippen LogP contribution in [0.1, 0.15) is 37.1 Å². The van der Waals surface area contributed by atoms with Gasteiger partial charge in [0.05, 0.1) is 15.2 Å². The molecule has 3 rings (SSSR count). The molecule has 6 nitrogen and oxygen atoms in total. The third kappa shape index (κ3) is 3.62. The van der Waals surface area contributed by atoms with Gasteiger partial charge in [-0.05, 0) is 12.1 Å². The summed E-state index contributed by atoms with van der Waals surface area (Å²) in [5.41, 5.74) is 0.974. The van der Waals surface area contributed by atoms with Gasteiger partial charge in [-0.25, -0.2) is 4.98 Å². The molecule has 1 aromatic heterocycles. The van der Waals surface area contributed by atoms with Crippen molar-refractivity contribution in [1.82, 2.24) is 15.2 Å². The summed E-state index contributed by atoms with van der Waals surface area (Å²) < 4.78 is 1.14. The lowest BCUT2D eigenvalue weighted by Gasteiger charge is -2.14. The zero-order valence-corrected chi connectivity index (χ0v) is 14.3. The first-order valence-corrected chi connectivity index (χ1v) is 8.81. The van der Waals surface area contributed by atoms with E-state index in [4.69, 9.17) is 0 Å². The van der Waals surface area contributed by atoms with Crippen LogP contribution in [0.25, 0.3) is 10.2 Å². The lowest BCUT2D eigenvalue weighted by Crippen LogP contribution is -2.35. The van der Waals surface area contributed by atoms with Gasteiger partial charge in [-0.1, -0.05) is 19.1 Å². The molecule has 1 aliphatic rings. The second-order valence-electron chi connectivity index (χ2n) is 5.91. The van der Waals surface area contributed by atoms with Crippen molar-refractivity contribution in [3.05, 3.63) is 29.3 Å². The van der Waals surface area contributed by atoms with Crippen molar-refractivity contribution in [1.29, 1.82) is 0 Å². The number of carbonyl (C=O) groups is 3. The largest absolute Gasteiger partial charge is 0.355 e. The summed E-state index contributed by atoms with van der Waals surface area (Å²) in [4.78, 5) is 40.7. The Labute approximate surface area is 143 Å². The first-order chi connectivity index (χ1) is 11.5. The monoisotopic (exact) mass is 345 g/mol. The normalized spacial score (nSPS) is 16.0.